The summed E-state index contributed by atoms with van der Waals surface area (Å²) >= 11 is 1.38. The Morgan fingerprint density at radius 1 is 1.11 bits per heavy atom. The molecule has 1 saturated heterocycles. The van der Waals surface area contributed by atoms with Crippen LogP contribution >= 0.6 is 11.3 Å². The highest BCUT2D eigenvalue weighted by atomic mass is 32.1. The lowest BCUT2D eigenvalue weighted by molar-refractivity contribution is -0.118. The summed E-state index contributed by atoms with van der Waals surface area (Å²) in [6.45, 7) is 5.70. The van der Waals surface area contributed by atoms with Crippen molar-refractivity contribution in [3.8, 4) is 0 Å². The smallest absolute Gasteiger partial charge is 0.318 e. The fourth-order valence-corrected chi connectivity index (χ4v) is 4.10. The van der Waals surface area contributed by atoms with Gasteiger partial charge in [0.15, 0.2) is 0 Å². The van der Waals surface area contributed by atoms with Gasteiger partial charge in [0, 0.05) is 25.9 Å². The van der Waals surface area contributed by atoms with Crippen molar-refractivity contribution in [2.24, 2.45) is 5.92 Å². The van der Waals surface area contributed by atoms with Crippen LogP contribution in [-0.4, -0.2) is 46.2 Å². The van der Waals surface area contributed by atoms with E-state index in [-0.39, 0.29) is 11.9 Å². The summed E-state index contributed by atoms with van der Waals surface area (Å²) in [6.07, 6.45) is 3.26. The van der Waals surface area contributed by atoms with E-state index in [1.165, 1.54) is 11.3 Å². The lowest BCUT2D eigenvalue weighted by atomic mass is 10.1. The van der Waals surface area contributed by atoms with Crippen molar-refractivity contribution in [1.82, 2.24) is 20.4 Å². The van der Waals surface area contributed by atoms with E-state index in [1.807, 2.05) is 30.3 Å². The number of urea groups is 1. The number of nitrogens with zero attached hydrogens (tertiary/aromatic N) is 3. The topological polar surface area (TPSA) is 87.2 Å². The second-order valence-electron chi connectivity index (χ2n) is 7.47. The maximum absolute atomic E-state index is 12.9. The summed E-state index contributed by atoms with van der Waals surface area (Å²) in [6, 6.07) is 8.82. The van der Waals surface area contributed by atoms with Crippen LogP contribution in [0.2, 0.25) is 0 Å². The minimum Gasteiger partial charge on any atom is -0.326 e. The number of aromatic nitrogens is 2. The SMILES string of the molecule is CC(C)Cc1nnc(NC(=O)C(Cc2ccccc2)NC(=O)N2CCCC2)s1. The molecule has 8 heteroatoms. The molecular weight excluding hydrogens is 374 g/mol. The van der Waals surface area contributed by atoms with Gasteiger partial charge in [0.1, 0.15) is 11.0 Å². The van der Waals surface area contributed by atoms with Gasteiger partial charge in [0.25, 0.3) is 0 Å². The van der Waals surface area contributed by atoms with Crippen molar-refractivity contribution in [1.29, 1.82) is 0 Å². The standard InChI is InChI=1S/C20H27N5O2S/c1-14(2)12-17-23-24-19(28-17)22-18(26)16(13-15-8-4-3-5-9-15)21-20(27)25-10-6-7-11-25/h3-5,8-9,14,16H,6-7,10-13H2,1-2H3,(H,21,27)(H,22,24,26). The van der Waals surface area contributed by atoms with Gasteiger partial charge in [-0.15, -0.1) is 10.2 Å². The Kier molecular flexibility index (Phi) is 6.97. The molecule has 3 rings (SSSR count). The molecule has 0 radical (unpaired) electrons. The summed E-state index contributed by atoms with van der Waals surface area (Å²) in [4.78, 5) is 27.2. The van der Waals surface area contributed by atoms with Crippen LogP contribution in [0, 0.1) is 5.92 Å². The van der Waals surface area contributed by atoms with Crippen molar-refractivity contribution in [2.45, 2.75) is 45.6 Å². The molecule has 3 amide bonds. The lowest BCUT2D eigenvalue weighted by Gasteiger charge is -2.22. The van der Waals surface area contributed by atoms with Crippen LogP contribution in [0.1, 0.15) is 37.3 Å². The van der Waals surface area contributed by atoms with Crippen molar-refractivity contribution in [3.05, 3.63) is 40.9 Å². The average Bonchev–Trinajstić information content (AvgIpc) is 3.34. The first kappa shape index (κ1) is 20.3. The van der Waals surface area contributed by atoms with Gasteiger partial charge in [-0.05, 0) is 24.3 Å². The third kappa shape index (κ3) is 5.76. The Labute approximate surface area is 169 Å². The number of carbonyl (C=O) groups is 2. The van der Waals surface area contributed by atoms with Crippen LogP contribution in [0.25, 0.3) is 0 Å². The number of hydrogen-bond donors (Lipinski definition) is 2. The highest BCUT2D eigenvalue weighted by molar-refractivity contribution is 7.15. The number of amides is 3. The van der Waals surface area contributed by atoms with Gasteiger partial charge in [-0.1, -0.05) is 55.5 Å². The number of anilines is 1. The van der Waals surface area contributed by atoms with E-state index in [0.29, 0.717) is 17.5 Å². The van der Waals surface area contributed by atoms with Gasteiger partial charge >= 0.3 is 6.03 Å². The highest BCUT2D eigenvalue weighted by Gasteiger charge is 2.26. The molecule has 0 aliphatic carbocycles. The largest absolute Gasteiger partial charge is 0.326 e. The molecule has 1 aromatic carbocycles. The van der Waals surface area contributed by atoms with Crippen LogP contribution in [-0.2, 0) is 17.6 Å². The van der Waals surface area contributed by atoms with Crippen LogP contribution in [0.5, 0.6) is 0 Å². The molecule has 1 fully saturated rings. The Balaban J connectivity index is 1.68. The number of likely N-dealkylation sites (tertiary alicyclic amines) is 1. The minimum atomic E-state index is -0.673. The molecule has 2 heterocycles. The van der Waals surface area contributed by atoms with Crippen molar-refractivity contribution in [2.75, 3.05) is 18.4 Å². The molecule has 1 aliphatic rings. The normalized spacial score (nSPS) is 14.9. The maximum atomic E-state index is 12.9. The van der Waals surface area contributed by atoms with Gasteiger partial charge in [-0.25, -0.2) is 4.79 Å². The zero-order valence-electron chi connectivity index (χ0n) is 16.4. The second kappa shape index (κ2) is 9.64. The Morgan fingerprint density at radius 3 is 2.50 bits per heavy atom. The van der Waals surface area contributed by atoms with Gasteiger partial charge in [-0.3, -0.25) is 10.1 Å². The van der Waals surface area contributed by atoms with Crippen molar-refractivity contribution >= 4 is 28.4 Å². The Hall–Kier alpha value is -2.48. The number of nitrogens with one attached hydrogen (secondary N) is 2. The highest BCUT2D eigenvalue weighted by Crippen LogP contribution is 2.19. The number of carbonyl (C=O) groups excluding carboxylic acids is 2. The monoisotopic (exact) mass is 401 g/mol. The zero-order chi connectivity index (χ0) is 19.9. The van der Waals surface area contributed by atoms with Crippen LogP contribution in [0.15, 0.2) is 30.3 Å². The summed E-state index contributed by atoms with van der Waals surface area (Å²) in [5.74, 6) is 0.200. The second-order valence-corrected chi connectivity index (χ2v) is 8.54. The molecule has 1 aromatic heterocycles. The number of benzene rings is 1. The van der Waals surface area contributed by atoms with Crippen molar-refractivity contribution in [3.63, 3.8) is 0 Å². The average molecular weight is 402 g/mol. The molecule has 2 N–H and O–H groups in total. The van der Waals surface area contributed by atoms with E-state index in [2.05, 4.69) is 34.7 Å². The molecule has 0 saturated carbocycles. The molecule has 0 spiro atoms. The van der Waals surface area contributed by atoms with Gasteiger partial charge in [0.05, 0.1) is 0 Å². The van der Waals surface area contributed by atoms with E-state index in [0.717, 1.165) is 42.9 Å². The molecular formula is C20H27N5O2S. The summed E-state index contributed by atoms with van der Waals surface area (Å²) in [5.41, 5.74) is 0.988. The van der Waals surface area contributed by atoms with E-state index in [4.69, 9.17) is 0 Å². The zero-order valence-corrected chi connectivity index (χ0v) is 17.2. The molecule has 7 nitrogen and oxygen atoms in total. The van der Waals surface area contributed by atoms with Crippen LogP contribution in [0.3, 0.4) is 0 Å². The van der Waals surface area contributed by atoms with Gasteiger partial charge in [0.2, 0.25) is 11.0 Å². The molecule has 150 valence electrons. The summed E-state index contributed by atoms with van der Waals surface area (Å²) in [5, 5.41) is 15.3. The third-order valence-electron chi connectivity index (χ3n) is 4.57. The Bertz CT molecular complexity index is 787. The lowest BCUT2D eigenvalue weighted by Crippen LogP contribution is -2.49. The van der Waals surface area contributed by atoms with Gasteiger partial charge < -0.3 is 10.2 Å². The quantitative estimate of drug-likeness (QED) is 0.746. The number of hydrogen-bond acceptors (Lipinski definition) is 5. The summed E-state index contributed by atoms with van der Waals surface area (Å²) < 4.78 is 0. The van der Waals surface area contributed by atoms with E-state index >= 15 is 0 Å². The van der Waals surface area contributed by atoms with Crippen LogP contribution < -0.4 is 10.6 Å². The predicted octanol–water partition coefficient (Wildman–Crippen LogP) is 3.09. The fraction of sp³-hybridized carbons (Fsp3) is 0.500. The summed E-state index contributed by atoms with van der Waals surface area (Å²) in [7, 11) is 0. The predicted molar refractivity (Wildman–Crippen MR) is 110 cm³/mol. The van der Waals surface area contributed by atoms with Gasteiger partial charge in [-0.2, -0.15) is 0 Å². The molecule has 0 bridgehead atoms. The first-order valence-electron chi connectivity index (χ1n) is 9.74. The van der Waals surface area contributed by atoms with E-state index in [1.54, 1.807) is 4.90 Å². The molecule has 2 aromatic rings. The molecule has 1 unspecified atom stereocenters. The third-order valence-corrected chi connectivity index (χ3v) is 5.43. The first-order chi connectivity index (χ1) is 13.5. The van der Waals surface area contributed by atoms with E-state index < -0.39 is 6.04 Å². The maximum Gasteiger partial charge on any atom is 0.318 e. The Morgan fingerprint density at radius 2 is 1.82 bits per heavy atom. The molecule has 28 heavy (non-hydrogen) atoms. The molecule has 1 aliphatic heterocycles. The van der Waals surface area contributed by atoms with Crippen molar-refractivity contribution < 1.29 is 9.59 Å². The van der Waals surface area contributed by atoms with Crippen LogP contribution in [0.4, 0.5) is 9.93 Å². The fourth-order valence-electron chi connectivity index (χ4n) is 3.15. The molecule has 1 atom stereocenters. The van der Waals surface area contributed by atoms with E-state index in [9.17, 15) is 9.59 Å². The number of rotatable bonds is 7. The first-order valence-corrected chi connectivity index (χ1v) is 10.6. The minimum absolute atomic E-state index is 0.189.